The lowest BCUT2D eigenvalue weighted by molar-refractivity contribution is -0.121. The van der Waals surface area contributed by atoms with Gasteiger partial charge in [0.2, 0.25) is 21.9 Å². The topological polar surface area (TPSA) is 144 Å². The Hall–Kier alpha value is -3.31. The lowest BCUT2D eigenvalue weighted by atomic mass is 10.2. The van der Waals surface area contributed by atoms with Crippen LogP contribution in [0.4, 0.5) is 11.6 Å². The molecule has 0 atom stereocenters. The molecule has 156 valence electrons. The molecule has 4 N–H and O–H groups in total. The number of nitrogens with two attached hydrogens (primary N) is 1. The number of benzene rings is 1. The number of nitrogens with one attached hydrogen (secondary N) is 2. The van der Waals surface area contributed by atoms with Crippen LogP contribution in [-0.4, -0.2) is 35.1 Å². The third-order valence-corrected chi connectivity index (χ3v) is 5.71. The molecule has 0 fully saturated rings. The number of primary sulfonamides is 1. The SMILES string of the molecule is NS(=O)(=O)c1ccc(Nc2ncc3cc4n(c3n2)CCCCCC(=O)N/N=C\4)cc1. The number of hydrazone groups is 1. The minimum atomic E-state index is -3.74. The average molecular weight is 427 g/mol. The van der Waals surface area contributed by atoms with Gasteiger partial charge in [-0.3, -0.25) is 4.79 Å². The van der Waals surface area contributed by atoms with Crippen LogP contribution in [-0.2, 0) is 21.4 Å². The summed E-state index contributed by atoms with van der Waals surface area (Å²) in [6.07, 6.45) is 6.45. The van der Waals surface area contributed by atoms with Gasteiger partial charge in [0.15, 0.2) is 0 Å². The number of sulfonamides is 1. The first-order chi connectivity index (χ1) is 14.4. The van der Waals surface area contributed by atoms with Crippen LogP contribution in [0.3, 0.4) is 0 Å². The third-order valence-electron chi connectivity index (χ3n) is 4.78. The molecular formula is C19H21N7O3S. The molecule has 1 aliphatic heterocycles. The lowest BCUT2D eigenvalue weighted by Crippen LogP contribution is -2.16. The summed E-state index contributed by atoms with van der Waals surface area (Å²) in [4.78, 5) is 20.7. The number of carbonyl (C=O) groups excluding carboxylic acids is 1. The van der Waals surface area contributed by atoms with E-state index >= 15 is 0 Å². The highest BCUT2D eigenvalue weighted by Gasteiger charge is 2.13. The van der Waals surface area contributed by atoms with Crippen LogP contribution in [0.25, 0.3) is 11.0 Å². The van der Waals surface area contributed by atoms with Gasteiger partial charge in [0.05, 0.1) is 16.8 Å². The van der Waals surface area contributed by atoms with Crippen molar-refractivity contribution in [3.63, 3.8) is 0 Å². The molecule has 0 aliphatic carbocycles. The van der Waals surface area contributed by atoms with E-state index in [0.29, 0.717) is 18.1 Å². The number of aryl methyl sites for hydroxylation is 1. The number of rotatable bonds is 3. The molecule has 3 heterocycles. The molecule has 0 radical (unpaired) electrons. The maximum Gasteiger partial charge on any atom is 0.240 e. The van der Waals surface area contributed by atoms with Gasteiger partial charge in [0, 0.05) is 30.2 Å². The number of carbonyl (C=O) groups is 1. The molecule has 1 aliphatic rings. The van der Waals surface area contributed by atoms with Gasteiger partial charge in [-0.25, -0.2) is 24.0 Å². The molecule has 0 saturated carbocycles. The van der Waals surface area contributed by atoms with Crippen LogP contribution < -0.4 is 15.9 Å². The van der Waals surface area contributed by atoms with Gasteiger partial charge in [0.1, 0.15) is 5.65 Å². The molecule has 30 heavy (non-hydrogen) atoms. The van der Waals surface area contributed by atoms with E-state index in [0.717, 1.165) is 42.5 Å². The second-order valence-corrected chi connectivity index (χ2v) is 8.55. The van der Waals surface area contributed by atoms with Gasteiger partial charge in [-0.05, 0) is 43.2 Å². The fraction of sp³-hybridized carbons (Fsp3) is 0.263. The normalized spacial score (nSPS) is 16.4. The number of amides is 1. The second-order valence-electron chi connectivity index (χ2n) is 6.99. The largest absolute Gasteiger partial charge is 0.324 e. The van der Waals surface area contributed by atoms with Crippen molar-refractivity contribution in [3.05, 3.63) is 42.2 Å². The Morgan fingerprint density at radius 2 is 1.93 bits per heavy atom. The number of fused-ring (bicyclic) bond motifs is 3. The fourth-order valence-corrected chi connectivity index (χ4v) is 3.79. The Kier molecular flexibility index (Phi) is 5.46. The highest BCUT2D eigenvalue weighted by atomic mass is 32.2. The summed E-state index contributed by atoms with van der Waals surface area (Å²) < 4.78 is 24.8. The van der Waals surface area contributed by atoms with Gasteiger partial charge < -0.3 is 9.88 Å². The first kappa shape index (κ1) is 20.0. The monoisotopic (exact) mass is 427 g/mol. The van der Waals surface area contributed by atoms with Gasteiger partial charge in [-0.15, -0.1) is 0 Å². The van der Waals surface area contributed by atoms with E-state index in [1.807, 2.05) is 10.6 Å². The smallest absolute Gasteiger partial charge is 0.240 e. The van der Waals surface area contributed by atoms with Crippen molar-refractivity contribution < 1.29 is 13.2 Å². The minimum Gasteiger partial charge on any atom is -0.324 e. The average Bonchev–Trinajstić information content (AvgIpc) is 3.02. The molecule has 2 aromatic heterocycles. The van der Waals surface area contributed by atoms with Crippen LogP contribution in [0.1, 0.15) is 31.4 Å². The Bertz CT molecular complexity index is 1220. The standard InChI is InChI=1S/C19H21N7O3S/c20-30(28,29)16-7-5-14(6-8-16)23-19-21-11-13-10-15-12-22-25-17(27)4-2-1-3-9-26(15)18(13)24-19/h5-8,10-12H,1-4,9H2,(H,25,27)(H2,20,28,29)(H,21,23,24)/b22-12-. The second kappa shape index (κ2) is 8.20. The number of hydrogen-bond donors (Lipinski definition) is 3. The van der Waals surface area contributed by atoms with E-state index in [1.54, 1.807) is 24.5 Å². The summed E-state index contributed by atoms with van der Waals surface area (Å²) in [5.41, 5.74) is 4.76. The van der Waals surface area contributed by atoms with Crippen LogP contribution in [0.5, 0.6) is 0 Å². The van der Waals surface area contributed by atoms with E-state index in [4.69, 9.17) is 5.14 Å². The zero-order valence-electron chi connectivity index (χ0n) is 16.1. The Labute approximate surface area is 173 Å². The molecule has 3 aromatic rings. The zero-order valence-corrected chi connectivity index (χ0v) is 16.9. The van der Waals surface area contributed by atoms with E-state index in [2.05, 4.69) is 25.8 Å². The highest BCUT2D eigenvalue weighted by Crippen LogP contribution is 2.22. The Morgan fingerprint density at radius 1 is 1.13 bits per heavy atom. The van der Waals surface area contributed by atoms with Crippen molar-refractivity contribution in [1.29, 1.82) is 0 Å². The molecule has 1 amide bonds. The summed E-state index contributed by atoms with van der Waals surface area (Å²) in [7, 11) is -3.74. The lowest BCUT2D eigenvalue weighted by Gasteiger charge is -2.09. The van der Waals surface area contributed by atoms with Gasteiger partial charge in [-0.1, -0.05) is 6.42 Å². The predicted octanol–water partition coefficient (Wildman–Crippen LogP) is 1.85. The van der Waals surface area contributed by atoms with E-state index in [1.165, 1.54) is 12.1 Å². The van der Waals surface area contributed by atoms with Crippen LogP contribution in [0.2, 0.25) is 0 Å². The number of nitrogens with zero attached hydrogens (tertiary/aromatic N) is 4. The summed E-state index contributed by atoms with van der Waals surface area (Å²) >= 11 is 0. The molecular weight excluding hydrogens is 406 g/mol. The Balaban J connectivity index is 1.64. The van der Waals surface area contributed by atoms with Gasteiger partial charge in [0.25, 0.3) is 0 Å². The molecule has 4 rings (SSSR count). The van der Waals surface area contributed by atoms with E-state index in [-0.39, 0.29) is 10.8 Å². The van der Waals surface area contributed by atoms with Crippen LogP contribution in [0.15, 0.2) is 46.5 Å². The third kappa shape index (κ3) is 4.47. The molecule has 0 spiro atoms. The highest BCUT2D eigenvalue weighted by molar-refractivity contribution is 7.89. The number of anilines is 2. The molecule has 0 saturated heterocycles. The minimum absolute atomic E-state index is 0.0340. The molecule has 10 nitrogen and oxygen atoms in total. The summed E-state index contributed by atoms with van der Waals surface area (Å²) in [5.74, 6) is 0.293. The van der Waals surface area contributed by atoms with Crippen LogP contribution >= 0.6 is 0 Å². The first-order valence-corrected chi connectivity index (χ1v) is 11.0. The number of hydrogen-bond acceptors (Lipinski definition) is 7. The van der Waals surface area contributed by atoms with Crippen molar-refractivity contribution in [2.75, 3.05) is 5.32 Å². The van der Waals surface area contributed by atoms with Crippen molar-refractivity contribution in [1.82, 2.24) is 20.0 Å². The van der Waals surface area contributed by atoms with Crippen molar-refractivity contribution in [2.24, 2.45) is 10.2 Å². The molecule has 0 bridgehead atoms. The fourth-order valence-electron chi connectivity index (χ4n) is 3.28. The molecule has 1 aromatic carbocycles. The summed E-state index contributed by atoms with van der Waals surface area (Å²) in [6, 6.07) is 7.96. The molecule has 0 unspecified atom stereocenters. The quantitative estimate of drug-likeness (QED) is 0.582. The summed E-state index contributed by atoms with van der Waals surface area (Å²) in [5, 5.41) is 13.1. The van der Waals surface area contributed by atoms with Crippen molar-refractivity contribution in [3.8, 4) is 0 Å². The van der Waals surface area contributed by atoms with E-state index in [9.17, 15) is 13.2 Å². The van der Waals surface area contributed by atoms with Crippen molar-refractivity contribution >= 4 is 44.8 Å². The van der Waals surface area contributed by atoms with Gasteiger partial charge >= 0.3 is 0 Å². The van der Waals surface area contributed by atoms with E-state index < -0.39 is 10.0 Å². The molecule has 11 heteroatoms. The van der Waals surface area contributed by atoms with Crippen molar-refractivity contribution in [2.45, 2.75) is 37.1 Å². The number of aromatic nitrogens is 3. The first-order valence-electron chi connectivity index (χ1n) is 9.48. The summed E-state index contributed by atoms with van der Waals surface area (Å²) in [6.45, 7) is 0.749. The predicted molar refractivity (Wildman–Crippen MR) is 113 cm³/mol. The zero-order chi connectivity index (χ0) is 21.1. The maximum absolute atomic E-state index is 11.7. The van der Waals surface area contributed by atoms with Crippen LogP contribution in [0, 0.1) is 0 Å². The van der Waals surface area contributed by atoms with Gasteiger partial charge in [-0.2, -0.15) is 10.1 Å². The maximum atomic E-state index is 11.7. The Morgan fingerprint density at radius 3 is 2.70 bits per heavy atom.